The molecule has 0 saturated carbocycles. The number of nitrogens with one attached hydrogen (secondary N) is 1. The van der Waals surface area contributed by atoms with Crippen LogP contribution in [0.15, 0.2) is 34.7 Å². The Morgan fingerprint density at radius 2 is 1.96 bits per heavy atom. The van der Waals surface area contributed by atoms with Crippen LogP contribution in [0.3, 0.4) is 0 Å². The van der Waals surface area contributed by atoms with E-state index in [4.69, 9.17) is 21.1 Å². The monoisotopic (exact) mass is 423 g/mol. The van der Waals surface area contributed by atoms with Crippen molar-refractivity contribution in [3.63, 3.8) is 0 Å². The number of halogens is 4. The average Bonchev–Trinajstić information content (AvgIpc) is 3.03. The highest BCUT2D eigenvalue weighted by Crippen LogP contribution is 2.34. The molecule has 2 rings (SSSR count). The summed E-state index contributed by atoms with van der Waals surface area (Å²) in [5.41, 5.74) is -1.25. The van der Waals surface area contributed by atoms with Crippen molar-refractivity contribution in [1.82, 2.24) is 0 Å². The first-order chi connectivity index (χ1) is 12.5. The molecule has 0 aliphatic rings. The molecule has 0 spiro atoms. The second-order valence-corrected chi connectivity index (χ2v) is 7.58. The molecule has 1 heterocycles. The van der Waals surface area contributed by atoms with Crippen LogP contribution < -0.4 is 5.32 Å². The molecule has 1 amide bonds. The summed E-state index contributed by atoms with van der Waals surface area (Å²) in [6, 6.07) is 4.95. The predicted molar refractivity (Wildman–Crippen MR) is 92.1 cm³/mol. The summed E-state index contributed by atoms with van der Waals surface area (Å²) in [5, 5.41) is 9.78. The van der Waals surface area contributed by atoms with Crippen molar-refractivity contribution >= 4 is 40.0 Å². The standard InChI is InChI=1S/C16H13ClF3NO5S/c1-8(27(25)7-10-3-5-13(26-10)15(23)24)14(22)21-12-6-9(16(18,19)20)2-4-11(12)17/h2-6,8H,7H2,1H3,(H,21,22)(H,23,24). The van der Waals surface area contributed by atoms with E-state index in [1.807, 2.05) is 0 Å². The molecule has 2 N–H and O–H groups in total. The zero-order valence-electron chi connectivity index (χ0n) is 13.7. The predicted octanol–water partition coefficient (Wildman–Crippen LogP) is 3.93. The number of carboxylic acids is 1. The quantitative estimate of drug-likeness (QED) is 0.734. The lowest BCUT2D eigenvalue weighted by Gasteiger charge is -2.14. The van der Waals surface area contributed by atoms with Gasteiger partial charge >= 0.3 is 12.1 Å². The van der Waals surface area contributed by atoms with Crippen LogP contribution in [-0.2, 0) is 27.5 Å². The zero-order valence-corrected chi connectivity index (χ0v) is 15.2. The fraction of sp³-hybridized carbons (Fsp3) is 0.250. The molecular formula is C16H13ClF3NO5S. The van der Waals surface area contributed by atoms with Crippen LogP contribution in [0.4, 0.5) is 18.9 Å². The van der Waals surface area contributed by atoms with Gasteiger partial charge in [0.2, 0.25) is 11.7 Å². The first-order valence-corrected chi connectivity index (χ1v) is 9.12. The normalized spacial score (nSPS) is 13.8. The van der Waals surface area contributed by atoms with E-state index in [1.165, 1.54) is 19.1 Å². The summed E-state index contributed by atoms with van der Waals surface area (Å²) in [5.74, 6) is -2.58. The van der Waals surface area contributed by atoms with Gasteiger partial charge in [-0.15, -0.1) is 0 Å². The van der Waals surface area contributed by atoms with Gasteiger partial charge in [0.25, 0.3) is 0 Å². The molecule has 1 aromatic carbocycles. The smallest absolute Gasteiger partial charge is 0.416 e. The third kappa shape index (κ3) is 5.33. The fourth-order valence-electron chi connectivity index (χ4n) is 1.99. The SMILES string of the molecule is CC(C(=O)Nc1cc(C(F)(F)F)ccc1Cl)S(=O)Cc1ccc(C(=O)O)o1. The fourth-order valence-corrected chi connectivity index (χ4v) is 3.13. The number of hydrogen-bond donors (Lipinski definition) is 2. The van der Waals surface area contributed by atoms with Crippen LogP contribution >= 0.6 is 11.6 Å². The van der Waals surface area contributed by atoms with Gasteiger partial charge in [0.1, 0.15) is 11.0 Å². The molecule has 2 aromatic rings. The van der Waals surface area contributed by atoms with Crippen molar-refractivity contribution in [1.29, 1.82) is 0 Å². The highest BCUT2D eigenvalue weighted by atomic mass is 35.5. The summed E-state index contributed by atoms with van der Waals surface area (Å²) in [7, 11) is -1.81. The Labute approximate surface area is 158 Å². The summed E-state index contributed by atoms with van der Waals surface area (Å²) >= 11 is 5.81. The van der Waals surface area contributed by atoms with Gasteiger partial charge < -0.3 is 14.8 Å². The summed E-state index contributed by atoms with van der Waals surface area (Å²) < 4.78 is 55.5. The highest BCUT2D eigenvalue weighted by molar-refractivity contribution is 7.85. The first-order valence-electron chi connectivity index (χ1n) is 7.36. The lowest BCUT2D eigenvalue weighted by atomic mass is 10.2. The number of amides is 1. The Hall–Kier alpha value is -2.33. The zero-order chi connectivity index (χ0) is 20.4. The third-order valence-electron chi connectivity index (χ3n) is 3.47. The third-order valence-corrected chi connectivity index (χ3v) is 5.37. The molecule has 27 heavy (non-hydrogen) atoms. The van der Waals surface area contributed by atoms with Gasteiger partial charge in [0.15, 0.2) is 0 Å². The number of benzene rings is 1. The van der Waals surface area contributed by atoms with Crippen molar-refractivity contribution in [3.05, 3.63) is 52.4 Å². The molecule has 2 unspecified atom stereocenters. The van der Waals surface area contributed by atoms with Crippen LogP contribution in [0.25, 0.3) is 0 Å². The maximum absolute atomic E-state index is 12.8. The molecule has 0 fully saturated rings. The second-order valence-electron chi connectivity index (χ2n) is 5.42. The maximum atomic E-state index is 12.8. The molecule has 0 bridgehead atoms. The molecule has 2 atom stereocenters. The molecular weight excluding hydrogens is 411 g/mol. The minimum atomic E-state index is -4.61. The Kier molecular flexibility index (Phi) is 6.32. The maximum Gasteiger partial charge on any atom is 0.416 e. The number of furan rings is 1. The van der Waals surface area contributed by atoms with Gasteiger partial charge in [0.05, 0.1) is 22.0 Å². The van der Waals surface area contributed by atoms with Crippen molar-refractivity contribution in [2.24, 2.45) is 0 Å². The van der Waals surface area contributed by atoms with Gasteiger partial charge in [-0.1, -0.05) is 11.6 Å². The van der Waals surface area contributed by atoms with Crippen LogP contribution in [0.1, 0.15) is 28.8 Å². The number of anilines is 1. The van der Waals surface area contributed by atoms with Crippen LogP contribution in [-0.4, -0.2) is 26.4 Å². The Morgan fingerprint density at radius 3 is 2.52 bits per heavy atom. The number of carbonyl (C=O) groups is 2. The Bertz CT molecular complexity index is 896. The topological polar surface area (TPSA) is 96.6 Å². The number of carboxylic acid groups (broad SMARTS) is 1. The number of carbonyl (C=O) groups excluding carboxylic acids is 1. The summed E-state index contributed by atoms with van der Waals surface area (Å²) in [4.78, 5) is 23.0. The largest absolute Gasteiger partial charge is 0.475 e. The Morgan fingerprint density at radius 1 is 1.30 bits per heavy atom. The van der Waals surface area contributed by atoms with E-state index in [-0.39, 0.29) is 28.0 Å². The van der Waals surface area contributed by atoms with E-state index in [2.05, 4.69) is 5.32 Å². The van der Waals surface area contributed by atoms with E-state index < -0.39 is 39.7 Å². The molecule has 0 radical (unpaired) electrons. The van der Waals surface area contributed by atoms with Gasteiger partial charge in [0, 0.05) is 10.8 Å². The van der Waals surface area contributed by atoms with Crippen molar-refractivity contribution in [3.8, 4) is 0 Å². The molecule has 0 aliphatic heterocycles. The van der Waals surface area contributed by atoms with Crippen LogP contribution in [0.5, 0.6) is 0 Å². The van der Waals surface area contributed by atoms with E-state index in [1.54, 1.807) is 0 Å². The van der Waals surface area contributed by atoms with E-state index >= 15 is 0 Å². The van der Waals surface area contributed by atoms with Crippen molar-refractivity contribution < 1.29 is 36.5 Å². The van der Waals surface area contributed by atoms with Gasteiger partial charge in [-0.05, 0) is 37.3 Å². The molecule has 146 valence electrons. The van der Waals surface area contributed by atoms with Gasteiger partial charge in [-0.3, -0.25) is 9.00 Å². The van der Waals surface area contributed by atoms with E-state index in [0.717, 1.165) is 12.1 Å². The molecule has 1 aromatic heterocycles. The molecule has 11 heteroatoms. The highest BCUT2D eigenvalue weighted by Gasteiger charge is 2.31. The molecule has 0 aliphatic carbocycles. The first kappa shape index (κ1) is 21.0. The Balaban J connectivity index is 2.08. The number of aromatic carboxylic acids is 1. The summed E-state index contributed by atoms with van der Waals surface area (Å²) in [6.45, 7) is 1.31. The molecule has 6 nitrogen and oxygen atoms in total. The number of hydrogen-bond acceptors (Lipinski definition) is 4. The summed E-state index contributed by atoms with van der Waals surface area (Å²) in [6.07, 6.45) is -4.61. The van der Waals surface area contributed by atoms with Crippen molar-refractivity contribution in [2.45, 2.75) is 24.1 Å². The minimum Gasteiger partial charge on any atom is -0.475 e. The minimum absolute atomic E-state index is 0.0995. The van der Waals surface area contributed by atoms with E-state index in [9.17, 15) is 27.0 Å². The lowest BCUT2D eigenvalue weighted by molar-refractivity contribution is -0.137. The lowest BCUT2D eigenvalue weighted by Crippen LogP contribution is -2.30. The van der Waals surface area contributed by atoms with E-state index in [0.29, 0.717) is 6.07 Å². The van der Waals surface area contributed by atoms with Gasteiger partial charge in [-0.25, -0.2) is 4.79 Å². The number of alkyl halides is 3. The van der Waals surface area contributed by atoms with Gasteiger partial charge in [-0.2, -0.15) is 13.2 Å². The molecule has 0 saturated heterocycles. The second kappa shape index (κ2) is 8.13. The van der Waals surface area contributed by atoms with Crippen molar-refractivity contribution in [2.75, 3.05) is 5.32 Å². The van der Waals surface area contributed by atoms with Crippen LogP contribution in [0, 0.1) is 0 Å². The number of rotatable bonds is 6. The van der Waals surface area contributed by atoms with Crippen LogP contribution in [0.2, 0.25) is 5.02 Å². The average molecular weight is 424 g/mol.